The second-order valence-electron chi connectivity index (χ2n) is 5.52. The summed E-state index contributed by atoms with van der Waals surface area (Å²) in [5.41, 5.74) is 1.64. The highest BCUT2D eigenvalue weighted by atomic mass is 32.2. The molecule has 1 unspecified atom stereocenters. The van der Waals surface area contributed by atoms with Crippen LogP contribution in [0.3, 0.4) is 0 Å². The van der Waals surface area contributed by atoms with Crippen LogP contribution in [0, 0.1) is 0 Å². The molecule has 0 aliphatic carbocycles. The molecule has 1 fully saturated rings. The summed E-state index contributed by atoms with van der Waals surface area (Å²) in [6.45, 7) is 0.706. The summed E-state index contributed by atoms with van der Waals surface area (Å²) in [5.74, 6) is 0.0118. The van der Waals surface area contributed by atoms with Gasteiger partial charge >= 0.3 is 5.97 Å². The van der Waals surface area contributed by atoms with Gasteiger partial charge in [0.1, 0.15) is 6.26 Å². The van der Waals surface area contributed by atoms with Gasteiger partial charge in [0.25, 0.3) is 0 Å². The zero-order chi connectivity index (χ0) is 17.6. The molecule has 1 atom stereocenters. The van der Waals surface area contributed by atoms with Gasteiger partial charge in [0.15, 0.2) is 6.04 Å². The van der Waals surface area contributed by atoms with Crippen LogP contribution in [0.5, 0.6) is 0 Å². The molecule has 1 aliphatic heterocycles. The largest absolute Gasteiger partial charge is 0.480 e. The van der Waals surface area contributed by atoms with Crippen LogP contribution in [0.2, 0.25) is 0 Å². The van der Waals surface area contributed by atoms with Crippen LogP contribution in [-0.4, -0.2) is 58.4 Å². The lowest BCUT2D eigenvalue weighted by molar-refractivity contribution is -0.157. The van der Waals surface area contributed by atoms with Crippen LogP contribution in [0.1, 0.15) is 5.69 Å². The lowest BCUT2D eigenvalue weighted by Crippen LogP contribution is -2.53. The van der Waals surface area contributed by atoms with E-state index >= 15 is 0 Å². The Labute approximate surface area is 149 Å². The van der Waals surface area contributed by atoms with Crippen molar-refractivity contribution in [3.63, 3.8) is 0 Å². The molecule has 0 spiro atoms. The first kappa shape index (κ1) is 17.5. The van der Waals surface area contributed by atoms with Crippen molar-refractivity contribution in [2.45, 2.75) is 11.8 Å². The third kappa shape index (κ3) is 4.40. The highest BCUT2D eigenvalue weighted by Gasteiger charge is 2.32. The molecule has 0 saturated carbocycles. The van der Waals surface area contributed by atoms with Crippen molar-refractivity contribution in [1.82, 2.24) is 9.88 Å². The SMILES string of the molecule is O=C(O)C1COCCN1C(=O)CSCc1coc(-c2ccccc2)n1. The number of thioether (sulfide) groups is 1. The average molecular weight is 362 g/mol. The number of rotatable bonds is 6. The Morgan fingerprint density at radius 2 is 2.12 bits per heavy atom. The number of nitrogens with zero attached hydrogens (tertiary/aromatic N) is 2. The minimum Gasteiger partial charge on any atom is -0.480 e. The van der Waals surface area contributed by atoms with E-state index in [1.54, 1.807) is 6.26 Å². The van der Waals surface area contributed by atoms with Gasteiger partial charge in [-0.25, -0.2) is 9.78 Å². The Balaban J connectivity index is 1.52. The molecule has 1 aliphatic rings. The van der Waals surface area contributed by atoms with E-state index < -0.39 is 12.0 Å². The standard InChI is InChI=1S/C17H18N2O5S/c20-15(19-6-7-23-9-14(19)17(21)22)11-25-10-13-8-24-16(18-13)12-4-2-1-3-5-12/h1-5,8,14H,6-7,9-11H2,(H,21,22). The molecule has 7 nitrogen and oxygen atoms in total. The van der Waals surface area contributed by atoms with Crippen molar-refractivity contribution < 1.29 is 23.8 Å². The van der Waals surface area contributed by atoms with E-state index in [4.69, 9.17) is 14.3 Å². The van der Waals surface area contributed by atoms with Gasteiger partial charge in [-0.2, -0.15) is 0 Å². The fourth-order valence-electron chi connectivity index (χ4n) is 2.52. The molecule has 1 amide bonds. The summed E-state index contributed by atoms with van der Waals surface area (Å²) < 4.78 is 10.6. The van der Waals surface area contributed by atoms with Gasteiger partial charge in [0.05, 0.1) is 24.7 Å². The summed E-state index contributed by atoms with van der Waals surface area (Å²) in [7, 11) is 0. The maximum absolute atomic E-state index is 12.3. The summed E-state index contributed by atoms with van der Waals surface area (Å²) in [5, 5.41) is 9.17. The van der Waals surface area contributed by atoms with Gasteiger partial charge in [-0.3, -0.25) is 4.79 Å². The highest BCUT2D eigenvalue weighted by molar-refractivity contribution is 7.99. The van der Waals surface area contributed by atoms with Crippen molar-refractivity contribution in [2.24, 2.45) is 0 Å². The number of benzene rings is 1. The molecule has 1 aromatic heterocycles. The van der Waals surface area contributed by atoms with Gasteiger partial charge < -0.3 is 19.2 Å². The number of amides is 1. The number of morpholine rings is 1. The van der Waals surface area contributed by atoms with Crippen LogP contribution in [0.4, 0.5) is 0 Å². The van der Waals surface area contributed by atoms with Crippen LogP contribution in [0.25, 0.3) is 11.5 Å². The molecule has 1 N–H and O–H groups in total. The van der Waals surface area contributed by atoms with E-state index in [1.807, 2.05) is 30.3 Å². The van der Waals surface area contributed by atoms with Crippen molar-refractivity contribution in [1.29, 1.82) is 0 Å². The maximum atomic E-state index is 12.3. The Hall–Kier alpha value is -2.32. The monoisotopic (exact) mass is 362 g/mol. The molecule has 0 bridgehead atoms. The fourth-order valence-corrected chi connectivity index (χ4v) is 3.30. The number of hydrogen-bond donors (Lipinski definition) is 1. The normalized spacial score (nSPS) is 17.4. The van der Waals surface area contributed by atoms with E-state index in [-0.39, 0.29) is 18.3 Å². The Kier molecular flexibility index (Phi) is 5.72. The summed E-state index contributed by atoms with van der Waals surface area (Å²) in [6, 6.07) is 8.67. The van der Waals surface area contributed by atoms with E-state index in [9.17, 15) is 9.59 Å². The van der Waals surface area contributed by atoms with Gasteiger partial charge in [-0.05, 0) is 12.1 Å². The number of carbonyl (C=O) groups excluding carboxylic acids is 1. The van der Waals surface area contributed by atoms with Crippen molar-refractivity contribution in [3.8, 4) is 11.5 Å². The van der Waals surface area contributed by atoms with Crippen LogP contribution in [-0.2, 0) is 20.1 Å². The highest BCUT2D eigenvalue weighted by Crippen LogP contribution is 2.21. The Morgan fingerprint density at radius 3 is 2.88 bits per heavy atom. The molecular weight excluding hydrogens is 344 g/mol. The van der Waals surface area contributed by atoms with Gasteiger partial charge in [-0.15, -0.1) is 11.8 Å². The molecular formula is C17H18N2O5S. The van der Waals surface area contributed by atoms with Gasteiger partial charge in [0, 0.05) is 17.9 Å². The van der Waals surface area contributed by atoms with E-state index in [0.717, 1.165) is 11.3 Å². The smallest absolute Gasteiger partial charge is 0.328 e. The molecule has 3 rings (SSSR count). The predicted molar refractivity (Wildman–Crippen MR) is 92.1 cm³/mol. The quantitative estimate of drug-likeness (QED) is 0.839. The zero-order valence-corrected chi connectivity index (χ0v) is 14.3. The molecule has 1 aromatic carbocycles. The fraction of sp³-hybridized carbons (Fsp3) is 0.353. The van der Waals surface area contributed by atoms with Crippen LogP contribution in [0.15, 0.2) is 41.0 Å². The van der Waals surface area contributed by atoms with Gasteiger partial charge in [0.2, 0.25) is 11.8 Å². The van der Waals surface area contributed by atoms with Crippen molar-refractivity contribution in [2.75, 3.05) is 25.5 Å². The molecule has 2 aromatic rings. The number of carboxylic acids is 1. The number of hydrogen-bond acceptors (Lipinski definition) is 6. The number of ether oxygens (including phenoxy) is 1. The van der Waals surface area contributed by atoms with E-state index in [0.29, 0.717) is 24.8 Å². The molecule has 2 heterocycles. The first-order valence-corrected chi connectivity index (χ1v) is 8.98. The zero-order valence-electron chi connectivity index (χ0n) is 13.5. The van der Waals surface area contributed by atoms with E-state index in [1.165, 1.54) is 16.7 Å². The number of carboxylic acid groups (broad SMARTS) is 1. The minimum atomic E-state index is -1.04. The van der Waals surface area contributed by atoms with Gasteiger partial charge in [-0.1, -0.05) is 18.2 Å². The lowest BCUT2D eigenvalue weighted by atomic mass is 10.2. The molecule has 132 valence electrons. The molecule has 1 saturated heterocycles. The first-order valence-electron chi connectivity index (χ1n) is 7.83. The van der Waals surface area contributed by atoms with Crippen LogP contribution >= 0.6 is 11.8 Å². The second kappa shape index (κ2) is 8.17. The summed E-state index contributed by atoms with van der Waals surface area (Å²) >= 11 is 1.38. The number of aliphatic carboxylic acids is 1. The molecule has 25 heavy (non-hydrogen) atoms. The predicted octanol–water partition coefficient (Wildman–Crippen LogP) is 1.89. The average Bonchev–Trinajstić information content (AvgIpc) is 3.11. The third-order valence-electron chi connectivity index (χ3n) is 3.78. The minimum absolute atomic E-state index is 0.0372. The van der Waals surface area contributed by atoms with Crippen molar-refractivity contribution >= 4 is 23.6 Å². The maximum Gasteiger partial charge on any atom is 0.328 e. The number of oxazole rings is 1. The Bertz CT molecular complexity index is 734. The molecule has 8 heteroatoms. The number of aromatic nitrogens is 1. The summed E-state index contributed by atoms with van der Waals surface area (Å²) in [4.78, 5) is 29.2. The van der Waals surface area contributed by atoms with Crippen LogP contribution < -0.4 is 0 Å². The Morgan fingerprint density at radius 1 is 1.32 bits per heavy atom. The third-order valence-corrected chi connectivity index (χ3v) is 4.73. The first-order chi connectivity index (χ1) is 12.1. The van der Waals surface area contributed by atoms with Crippen molar-refractivity contribution in [3.05, 3.63) is 42.3 Å². The second-order valence-corrected chi connectivity index (χ2v) is 6.50. The molecule has 0 radical (unpaired) electrons. The topological polar surface area (TPSA) is 92.9 Å². The number of carbonyl (C=O) groups is 2. The van der Waals surface area contributed by atoms with E-state index in [2.05, 4.69) is 4.98 Å². The lowest BCUT2D eigenvalue weighted by Gasteiger charge is -2.32. The summed E-state index contributed by atoms with van der Waals surface area (Å²) in [6.07, 6.45) is 1.58.